The molecule has 1 saturated carbocycles. The fraction of sp³-hybridized carbons (Fsp3) is 1.00. The molecule has 0 spiro atoms. The molecule has 0 aliphatic heterocycles. The number of rotatable bonds is 3. The largest absolute Gasteiger partial charge is 0.317 e. The third-order valence-corrected chi connectivity index (χ3v) is 3.03. The van der Waals surface area contributed by atoms with Gasteiger partial charge in [-0.25, -0.2) is 0 Å². The molecule has 0 unspecified atom stereocenters. The molecule has 0 radical (unpaired) electrons. The Hall–Kier alpha value is -0.0400. The number of nitrogens with one attached hydrogen (secondary N) is 1. The van der Waals surface area contributed by atoms with Crippen molar-refractivity contribution in [3.63, 3.8) is 0 Å². The Balaban J connectivity index is 2.30. The highest BCUT2D eigenvalue weighted by Crippen LogP contribution is 2.27. The Labute approximate surface area is 70.6 Å². The molecule has 0 aromatic heterocycles. The molecule has 1 fully saturated rings. The average molecular weight is 155 g/mol. The molecule has 66 valence electrons. The molecule has 0 amide bonds. The molecule has 0 aromatic carbocycles. The molecule has 0 heterocycles. The maximum atomic E-state index is 3.42. The van der Waals surface area contributed by atoms with Gasteiger partial charge in [0.2, 0.25) is 0 Å². The standard InChI is InChI=1S/C10H21N/c1-3-10(11-2)9-7-5-4-6-8-9/h9-11H,3-8H2,1-2H3/t10-/m1/s1. The molecular weight excluding hydrogens is 134 g/mol. The quantitative estimate of drug-likeness (QED) is 0.660. The Bertz CT molecular complexity index is 91.0. The van der Waals surface area contributed by atoms with Crippen LogP contribution in [0.25, 0.3) is 0 Å². The smallest absolute Gasteiger partial charge is 0.00897 e. The first-order valence-electron chi connectivity index (χ1n) is 5.05. The molecule has 11 heavy (non-hydrogen) atoms. The Morgan fingerprint density at radius 1 is 1.27 bits per heavy atom. The topological polar surface area (TPSA) is 12.0 Å². The van der Waals surface area contributed by atoms with Crippen LogP contribution >= 0.6 is 0 Å². The molecule has 1 aliphatic carbocycles. The van der Waals surface area contributed by atoms with E-state index in [2.05, 4.69) is 19.3 Å². The summed E-state index contributed by atoms with van der Waals surface area (Å²) in [6.07, 6.45) is 8.60. The summed E-state index contributed by atoms with van der Waals surface area (Å²) in [5, 5.41) is 3.42. The van der Waals surface area contributed by atoms with Crippen LogP contribution in [-0.4, -0.2) is 13.1 Å². The first-order chi connectivity index (χ1) is 5.38. The van der Waals surface area contributed by atoms with Crippen LogP contribution < -0.4 is 5.32 Å². The van der Waals surface area contributed by atoms with Crippen molar-refractivity contribution >= 4 is 0 Å². The lowest BCUT2D eigenvalue weighted by Gasteiger charge is -2.29. The van der Waals surface area contributed by atoms with Gasteiger partial charge < -0.3 is 5.32 Å². The highest BCUT2D eigenvalue weighted by atomic mass is 14.9. The third-order valence-electron chi connectivity index (χ3n) is 3.03. The molecular formula is C10H21N. The van der Waals surface area contributed by atoms with E-state index in [9.17, 15) is 0 Å². The van der Waals surface area contributed by atoms with Crippen LogP contribution in [0, 0.1) is 5.92 Å². The minimum absolute atomic E-state index is 0.787. The molecule has 0 aromatic rings. The molecule has 1 N–H and O–H groups in total. The lowest BCUT2D eigenvalue weighted by molar-refractivity contribution is 0.273. The zero-order valence-electron chi connectivity index (χ0n) is 7.90. The number of hydrogen-bond acceptors (Lipinski definition) is 1. The van der Waals surface area contributed by atoms with Gasteiger partial charge in [-0.3, -0.25) is 0 Å². The Morgan fingerprint density at radius 2 is 1.91 bits per heavy atom. The summed E-state index contributed by atoms with van der Waals surface area (Å²) in [7, 11) is 2.10. The molecule has 1 heteroatoms. The zero-order valence-corrected chi connectivity index (χ0v) is 7.90. The van der Waals surface area contributed by atoms with Gasteiger partial charge >= 0.3 is 0 Å². The summed E-state index contributed by atoms with van der Waals surface area (Å²) in [5.41, 5.74) is 0. The maximum absolute atomic E-state index is 3.42. The van der Waals surface area contributed by atoms with Gasteiger partial charge in [-0.15, -0.1) is 0 Å². The minimum atomic E-state index is 0.787. The summed E-state index contributed by atoms with van der Waals surface area (Å²) in [4.78, 5) is 0. The first kappa shape index (κ1) is 9.05. The van der Waals surface area contributed by atoms with Crippen molar-refractivity contribution in [3.8, 4) is 0 Å². The van der Waals surface area contributed by atoms with Gasteiger partial charge in [0.1, 0.15) is 0 Å². The second-order valence-electron chi connectivity index (χ2n) is 3.70. The number of hydrogen-bond donors (Lipinski definition) is 1. The molecule has 1 nitrogen and oxygen atoms in total. The van der Waals surface area contributed by atoms with Gasteiger partial charge in [0.25, 0.3) is 0 Å². The van der Waals surface area contributed by atoms with Crippen LogP contribution in [-0.2, 0) is 0 Å². The second-order valence-corrected chi connectivity index (χ2v) is 3.70. The van der Waals surface area contributed by atoms with E-state index in [1.54, 1.807) is 0 Å². The van der Waals surface area contributed by atoms with Crippen molar-refractivity contribution in [2.45, 2.75) is 51.5 Å². The van der Waals surface area contributed by atoms with Crippen molar-refractivity contribution in [3.05, 3.63) is 0 Å². The summed E-state index contributed by atoms with van der Waals surface area (Å²) >= 11 is 0. The Kier molecular flexibility index (Phi) is 3.92. The van der Waals surface area contributed by atoms with Crippen LogP contribution in [0.2, 0.25) is 0 Å². The Morgan fingerprint density at radius 3 is 2.36 bits per heavy atom. The van der Waals surface area contributed by atoms with Crippen molar-refractivity contribution in [2.75, 3.05) is 7.05 Å². The molecule has 1 rings (SSSR count). The van der Waals surface area contributed by atoms with Crippen LogP contribution in [0.1, 0.15) is 45.4 Å². The molecule has 1 atom stereocenters. The normalized spacial score (nSPS) is 23.5. The van der Waals surface area contributed by atoms with Gasteiger partial charge in [0.05, 0.1) is 0 Å². The fourth-order valence-electron chi connectivity index (χ4n) is 2.31. The predicted molar refractivity (Wildman–Crippen MR) is 49.7 cm³/mol. The summed E-state index contributed by atoms with van der Waals surface area (Å²) in [6, 6.07) is 0.787. The summed E-state index contributed by atoms with van der Waals surface area (Å²) in [5.74, 6) is 0.971. The molecule has 0 bridgehead atoms. The fourth-order valence-corrected chi connectivity index (χ4v) is 2.31. The van der Waals surface area contributed by atoms with Gasteiger partial charge in [-0.1, -0.05) is 26.2 Å². The van der Waals surface area contributed by atoms with Gasteiger partial charge in [0, 0.05) is 6.04 Å². The zero-order chi connectivity index (χ0) is 8.10. The van der Waals surface area contributed by atoms with Crippen LogP contribution in [0.15, 0.2) is 0 Å². The molecule has 0 saturated heterocycles. The molecule has 1 aliphatic rings. The van der Waals surface area contributed by atoms with Crippen molar-refractivity contribution in [2.24, 2.45) is 5.92 Å². The van der Waals surface area contributed by atoms with Gasteiger partial charge in [0.15, 0.2) is 0 Å². The lowest BCUT2D eigenvalue weighted by atomic mass is 9.83. The van der Waals surface area contributed by atoms with E-state index in [4.69, 9.17) is 0 Å². The van der Waals surface area contributed by atoms with Crippen molar-refractivity contribution in [1.82, 2.24) is 5.32 Å². The SMILES string of the molecule is CC[C@@H](NC)C1CCCCC1. The van der Waals surface area contributed by atoms with E-state index in [1.165, 1.54) is 38.5 Å². The minimum Gasteiger partial charge on any atom is -0.317 e. The van der Waals surface area contributed by atoms with Crippen LogP contribution in [0.3, 0.4) is 0 Å². The summed E-state index contributed by atoms with van der Waals surface area (Å²) < 4.78 is 0. The van der Waals surface area contributed by atoms with E-state index in [-0.39, 0.29) is 0 Å². The third kappa shape index (κ3) is 2.48. The van der Waals surface area contributed by atoms with E-state index in [0.29, 0.717) is 0 Å². The van der Waals surface area contributed by atoms with Crippen LogP contribution in [0.4, 0.5) is 0 Å². The van der Waals surface area contributed by atoms with E-state index < -0.39 is 0 Å². The van der Waals surface area contributed by atoms with E-state index in [0.717, 1.165) is 12.0 Å². The van der Waals surface area contributed by atoms with Gasteiger partial charge in [-0.2, -0.15) is 0 Å². The maximum Gasteiger partial charge on any atom is 0.00897 e. The van der Waals surface area contributed by atoms with E-state index in [1.807, 2.05) is 0 Å². The predicted octanol–water partition coefficient (Wildman–Crippen LogP) is 2.56. The first-order valence-corrected chi connectivity index (χ1v) is 5.05. The monoisotopic (exact) mass is 155 g/mol. The van der Waals surface area contributed by atoms with Gasteiger partial charge in [-0.05, 0) is 32.2 Å². The highest BCUT2D eigenvalue weighted by Gasteiger charge is 2.20. The average Bonchev–Trinajstić information content (AvgIpc) is 2.09. The van der Waals surface area contributed by atoms with Crippen molar-refractivity contribution < 1.29 is 0 Å². The van der Waals surface area contributed by atoms with Crippen molar-refractivity contribution in [1.29, 1.82) is 0 Å². The van der Waals surface area contributed by atoms with E-state index >= 15 is 0 Å². The van der Waals surface area contributed by atoms with Crippen LogP contribution in [0.5, 0.6) is 0 Å². The lowest BCUT2D eigenvalue weighted by Crippen LogP contribution is -2.33. The summed E-state index contributed by atoms with van der Waals surface area (Å²) in [6.45, 7) is 2.29. The second kappa shape index (κ2) is 4.76. The highest BCUT2D eigenvalue weighted by molar-refractivity contribution is 4.76.